The number of alkyl halides is 2. The van der Waals surface area contributed by atoms with Crippen LogP contribution >= 0.6 is 22.6 Å². The number of rotatable bonds is 2. The molecule has 14 heavy (non-hydrogen) atoms. The number of carbonyl (C=O) groups is 1. The van der Waals surface area contributed by atoms with Crippen LogP contribution in [0, 0.1) is 14.9 Å². The van der Waals surface area contributed by atoms with Crippen LogP contribution in [-0.4, -0.2) is 11.3 Å². The normalized spacial score (nSPS) is 9.93. The van der Waals surface area contributed by atoms with Crippen molar-refractivity contribution in [1.82, 2.24) is 4.98 Å². The van der Waals surface area contributed by atoms with Gasteiger partial charge in [-0.3, -0.25) is 4.79 Å². The van der Waals surface area contributed by atoms with Crippen molar-refractivity contribution >= 4 is 28.9 Å². The summed E-state index contributed by atoms with van der Waals surface area (Å²) in [5.41, 5.74) is -1.15. The predicted molar refractivity (Wildman–Crippen MR) is 52.0 cm³/mol. The van der Waals surface area contributed by atoms with Crippen molar-refractivity contribution in [3.63, 3.8) is 0 Å². The lowest BCUT2D eigenvalue weighted by Crippen LogP contribution is -2.03. The summed E-state index contributed by atoms with van der Waals surface area (Å²) in [5.74, 6) is 0. The van der Waals surface area contributed by atoms with Crippen molar-refractivity contribution < 1.29 is 13.6 Å². The molecule has 0 saturated heterocycles. The van der Waals surface area contributed by atoms with Crippen molar-refractivity contribution in [2.45, 2.75) is 6.43 Å². The zero-order valence-electron chi connectivity index (χ0n) is 6.67. The highest BCUT2D eigenvalue weighted by atomic mass is 127. The molecule has 72 valence electrons. The number of hydrogen-bond acceptors (Lipinski definition) is 3. The van der Waals surface area contributed by atoms with E-state index in [-0.39, 0.29) is 5.56 Å². The molecule has 0 aromatic carbocycles. The van der Waals surface area contributed by atoms with Crippen LogP contribution in [-0.2, 0) is 0 Å². The number of pyridine rings is 1. The highest BCUT2D eigenvalue weighted by Gasteiger charge is 2.20. The van der Waals surface area contributed by atoms with Crippen LogP contribution in [0.4, 0.5) is 8.78 Å². The number of nitriles is 1. The van der Waals surface area contributed by atoms with Crippen LogP contribution in [0.15, 0.2) is 6.20 Å². The van der Waals surface area contributed by atoms with Gasteiger partial charge in [-0.15, -0.1) is 0 Å². The lowest BCUT2D eigenvalue weighted by molar-refractivity contribution is 0.110. The smallest absolute Gasteiger partial charge is 0.267 e. The Bertz CT molecular complexity index is 415. The standard InChI is InChI=1S/C8H3F2IN2O/c9-8(10)7-4(3-14)5(11)2-13-6(7)1-12/h2-3,8H. The molecule has 0 saturated carbocycles. The molecule has 0 spiro atoms. The molecule has 0 amide bonds. The Morgan fingerprint density at radius 3 is 2.71 bits per heavy atom. The van der Waals surface area contributed by atoms with Crippen LogP contribution in [0.25, 0.3) is 0 Å². The molecule has 6 heteroatoms. The molecule has 0 N–H and O–H groups in total. The van der Waals surface area contributed by atoms with E-state index < -0.39 is 17.7 Å². The van der Waals surface area contributed by atoms with E-state index in [1.807, 2.05) is 0 Å². The number of halogens is 3. The second-order valence-electron chi connectivity index (χ2n) is 2.31. The zero-order valence-corrected chi connectivity index (χ0v) is 8.83. The maximum atomic E-state index is 12.5. The second kappa shape index (κ2) is 4.41. The van der Waals surface area contributed by atoms with E-state index >= 15 is 0 Å². The van der Waals surface area contributed by atoms with Gasteiger partial charge in [0.1, 0.15) is 11.8 Å². The Morgan fingerprint density at radius 2 is 2.29 bits per heavy atom. The lowest BCUT2D eigenvalue weighted by Gasteiger charge is -2.06. The van der Waals surface area contributed by atoms with Gasteiger partial charge in [0.05, 0.1) is 5.56 Å². The fraction of sp³-hybridized carbons (Fsp3) is 0.125. The van der Waals surface area contributed by atoms with Crippen molar-refractivity contribution in [2.24, 2.45) is 0 Å². The minimum Gasteiger partial charge on any atom is -0.298 e. The van der Waals surface area contributed by atoms with Gasteiger partial charge in [-0.1, -0.05) is 0 Å². The molecule has 0 unspecified atom stereocenters. The first-order valence-electron chi connectivity index (χ1n) is 3.43. The number of carbonyl (C=O) groups excluding carboxylic acids is 1. The second-order valence-corrected chi connectivity index (χ2v) is 3.47. The van der Waals surface area contributed by atoms with E-state index in [0.717, 1.165) is 0 Å². The van der Waals surface area contributed by atoms with Crippen LogP contribution in [0.3, 0.4) is 0 Å². The Morgan fingerprint density at radius 1 is 1.64 bits per heavy atom. The minimum absolute atomic E-state index is 0.160. The molecule has 1 aromatic heterocycles. The maximum Gasteiger partial charge on any atom is 0.267 e. The summed E-state index contributed by atoms with van der Waals surface area (Å²) in [6.45, 7) is 0. The van der Waals surface area contributed by atoms with E-state index in [4.69, 9.17) is 5.26 Å². The molecular formula is C8H3F2IN2O. The minimum atomic E-state index is -2.87. The molecule has 0 atom stereocenters. The molecule has 0 aliphatic heterocycles. The fourth-order valence-corrected chi connectivity index (χ4v) is 1.50. The summed E-state index contributed by atoms with van der Waals surface area (Å²) in [7, 11) is 0. The van der Waals surface area contributed by atoms with Crippen LogP contribution in [0.5, 0.6) is 0 Å². The molecule has 3 nitrogen and oxygen atoms in total. The lowest BCUT2D eigenvalue weighted by atomic mass is 10.1. The highest BCUT2D eigenvalue weighted by molar-refractivity contribution is 14.1. The van der Waals surface area contributed by atoms with Gasteiger partial charge in [0.15, 0.2) is 6.29 Å². The number of aldehydes is 1. The van der Waals surface area contributed by atoms with Gasteiger partial charge in [-0.25, -0.2) is 13.8 Å². The molecular weight excluding hydrogens is 305 g/mol. The molecule has 1 rings (SSSR count). The van der Waals surface area contributed by atoms with Crippen LogP contribution < -0.4 is 0 Å². The van der Waals surface area contributed by atoms with Gasteiger partial charge in [0, 0.05) is 15.3 Å². The van der Waals surface area contributed by atoms with Gasteiger partial charge < -0.3 is 0 Å². The SMILES string of the molecule is N#Cc1ncc(I)c(C=O)c1C(F)F. The summed E-state index contributed by atoms with van der Waals surface area (Å²) in [5, 5.41) is 8.51. The van der Waals surface area contributed by atoms with E-state index in [9.17, 15) is 13.6 Å². The molecule has 1 heterocycles. The summed E-state index contributed by atoms with van der Waals surface area (Å²) >= 11 is 1.72. The highest BCUT2D eigenvalue weighted by Crippen LogP contribution is 2.27. The third-order valence-electron chi connectivity index (χ3n) is 1.55. The molecule has 0 aliphatic rings. The first kappa shape index (κ1) is 11.0. The number of aromatic nitrogens is 1. The van der Waals surface area contributed by atoms with Gasteiger partial charge in [-0.2, -0.15) is 5.26 Å². The Balaban J connectivity index is 3.54. The monoisotopic (exact) mass is 308 g/mol. The first-order valence-corrected chi connectivity index (χ1v) is 4.51. The largest absolute Gasteiger partial charge is 0.298 e. The molecule has 0 radical (unpaired) electrons. The molecule has 0 bridgehead atoms. The first-order chi connectivity index (χ1) is 6.61. The van der Waals surface area contributed by atoms with Crippen molar-refractivity contribution in [1.29, 1.82) is 5.26 Å². The molecule has 1 aromatic rings. The van der Waals surface area contributed by atoms with Gasteiger partial charge in [-0.05, 0) is 22.6 Å². The predicted octanol–water partition coefficient (Wildman–Crippen LogP) is 2.31. The third kappa shape index (κ3) is 1.87. The molecule has 0 fully saturated rings. The third-order valence-corrected chi connectivity index (χ3v) is 2.41. The summed E-state index contributed by atoms with van der Waals surface area (Å²) in [6.07, 6.45) is -1.34. The van der Waals surface area contributed by atoms with Gasteiger partial charge in [0.25, 0.3) is 6.43 Å². The van der Waals surface area contributed by atoms with Crippen LogP contribution in [0.2, 0.25) is 0 Å². The van der Waals surface area contributed by atoms with E-state index in [0.29, 0.717) is 9.86 Å². The topological polar surface area (TPSA) is 53.8 Å². The van der Waals surface area contributed by atoms with Crippen LogP contribution in [0.1, 0.15) is 28.0 Å². The van der Waals surface area contributed by atoms with Crippen molar-refractivity contribution in [2.75, 3.05) is 0 Å². The van der Waals surface area contributed by atoms with E-state index in [1.54, 1.807) is 22.6 Å². The van der Waals surface area contributed by atoms with E-state index in [1.165, 1.54) is 12.3 Å². The Kier molecular flexibility index (Phi) is 3.46. The Hall–Kier alpha value is -1.10. The van der Waals surface area contributed by atoms with Crippen molar-refractivity contribution in [3.05, 3.63) is 26.6 Å². The zero-order chi connectivity index (χ0) is 10.7. The summed E-state index contributed by atoms with van der Waals surface area (Å²) in [6, 6.07) is 1.53. The maximum absolute atomic E-state index is 12.5. The summed E-state index contributed by atoms with van der Waals surface area (Å²) < 4.78 is 25.3. The number of nitrogens with zero attached hydrogens (tertiary/aromatic N) is 2. The molecule has 0 aliphatic carbocycles. The average Bonchev–Trinajstić information content (AvgIpc) is 2.17. The number of hydrogen-bond donors (Lipinski definition) is 0. The fourth-order valence-electron chi connectivity index (χ4n) is 0.946. The summed E-state index contributed by atoms with van der Waals surface area (Å²) in [4.78, 5) is 14.1. The van der Waals surface area contributed by atoms with Gasteiger partial charge in [0.2, 0.25) is 0 Å². The quantitative estimate of drug-likeness (QED) is 0.622. The average molecular weight is 308 g/mol. The Labute approximate surface area is 91.9 Å². The van der Waals surface area contributed by atoms with Gasteiger partial charge >= 0.3 is 0 Å². The van der Waals surface area contributed by atoms with E-state index in [2.05, 4.69) is 4.98 Å². The van der Waals surface area contributed by atoms with Crippen molar-refractivity contribution in [3.8, 4) is 6.07 Å².